The number of phosphoric ester groups is 1. The first kappa shape index (κ1) is 30.1. The summed E-state index contributed by atoms with van der Waals surface area (Å²) >= 11 is 0. The Balaban J connectivity index is 1.69. The SMILES string of the molecule is COC(=O)c1cc(-c2ncc(-c3cnn(COP(=O)(OC(C)(C)C)OC(C)(C)C)c3)c3onc(N)c23)c(F)cc1N. The molecule has 1 aromatic carbocycles. The summed E-state index contributed by atoms with van der Waals surface area (Å²) in [6, 6.07) is 2.24. The zero-order valence-corrected chi connectivity index (χ0v) is 24.6. The third-order valence-corrected chi connectivity index (χ3v) is 7.36. The molecule has 0 radical (unpaired) electrons. The highest BCUT2D eigenvalue weighted by molar-refractivity contribution is 7.48. The lowest BCUT2D eigenvalue weighted by molar-refractivity contribution is -0.00759. The van der Waals surface area contributed by atoms with Gasteiger partial charge in [-0.05, 0) is 53.7 Å². The zero-order chi connectivity index (χ0) is 30.3. The second kappa shape index (κ2) is 10.9. The van der Waals surface area contributed by atoms with Gasteiger partial charge in [0.1, 0.15) is 5.82 Å². The molecule has 0 unspecified atom stereocenters. The van der Waals surface area contributed by atoms with Crippen molar-refractivity contribution in [2.45, 2.75) is 59.5 Å². The highest BCUT2D eigenvalue weighted by Gasteiger charge is 2.37. The van der Waals surface area contributed by atoms with Gasteiger partial charge in [-0.3, -0.25) is 18.6 Å². The van der Waals surface area contributed by atoms with Crippen molar-refractivity contribution in [1.29, 1.82) is 0 Å². The van der Waals surface area contributed by atoms with Crippen LogP contribution in [0.15, 0.2) is 35.2 Å². The lowest BCUT2D eigenvalue weighted by atomic mass is 10.0. The number of esters is 1. The van der Waals surface area contributed by atoms with Gasteiger partial charge in [0.05, 0.1) is 41.2 Å². The third-order valence-electron chi connectivity index (χ3n) is 5.39. The predicted molar refractivity (Wildman–Crippen MR) is 149 cm³/mol. The van der Waals surface area contributed by atoms with Gasteiger partial charge >= 0.3 is 13.8 Å². The third kappa shape index (κ3) is 6.73. The molecule has 0 saturated carbocycles. The maximum absolute atomic E-state index is 15.0. The van der Waals surface area contributed by atoms with Crippen LogP contribution in [0.25, 0.3) is 33.4 Å². The highest BCUT2D eigenvalue weighted by Crippen LogP contribution is 2.55. The average Bonchev–Trinajstić information content (AvgIpc) is 3.47. The van der Waals surface area contributed by atoms with Gasteiger partial charge < -0.3 is 20.7 Å². The fourth-order valence-corrected chi connectivity index (χ4v) is 5.62. The molecule has 0 spiro atoms. The number of aromatic nitrogens is 4. The number of anilines is 2. The van der Waals surface area contributed by atoms with Crippen molar-refractivity contribution in [2.24, 2.45) is 0 Å². The van der Waals surface area contributed by atoms with Gasteiger partial charge in [0.2, 0.25) is 0 Å². The molecule has 0 fully saturated rings. The Hall–Kier alpha value is -3.84. The minimum absolute atomic E-state index is 0.0394. The lowest BCUT2D eigenvalue weighted by Crippen LogP contribution is -2.25. The van der Waals surface area contributed by atoms with E-state index >= 15 is 4.39 Å². The molecule has 15 heteroatoms. The number of nitrogen functional groups attached to an aromatic ring is 2. The molecule has 3 heterocycles. The first-order valence-electron chi connectivity index (χ1n) is 12.4. The second-order valence-electron chi connectivity index (χ2n) is 11.1. The quantitative estimate of drug-likeness (QED) is 0.148. The van der Waals surface area contributed by atoms with E-state index in [0.29, 0.717) is 11.1 Å². The number of hydrogen-bond donors (Lipinski definition) is 2. The molecule has 0 aliphatic carbocycles. The van der Waals surface area contributed by atoms with Crippen LogP contribution in [0.1, 0.15) is 51.9 Å². The van der Waals surface area contributed by atoms with E-state index in [1.165, 1.54) is 30.3 Å². The number of methoxy groups -OCH3 is 1. The average molecular weight is 591 g/mol. The topological polar surface area (TPSA) is 180 Å². The molecule has 0 bridgehead atoms. The van der Waals surface area contributed by atoms with Crippen LogP contribution in [0, 0.1) is 5.82 Å². The summed E-state index contributed by atoms with van der Waals surface area (Å²) in [4.78, 5) is 16.6. The normalized spacial score (nSPS) is 12.7. The van der Waals surface area contributed by atoms with Crippen molar-refractivity contribution in [2.75, 3.05) is 18.6 Å². The molecule has 0 atom stereocenters. The van der Waals surface area contributed by atoms with Crippen molar-refractivity contribution in [3.8, 4) is 22.4 Å². The number of ether oxygens (including phenoxy) is 1. The number of rotatable bonds is 8. The molecule has 0 amide bonds. The number of carbonyl (C=O) groups excluding carboxylic acids is 1. The molecule has 41 heavy (non-hydrogen) atoms. The van der Waals surface area contributed by atoms with E-state index in [0.717, 1.165) is 6.07 Å². The van der Waals surface area contributed by atoms with Crippen LogP contribution in [0.4, 0.5) is 15.9 Å². The van der Waals surface area contributed by atoms with Gasteiger partial charge in [-0.15, -0.1) is 0 Å². The smallest absolute Gasteiger partial charge is 0.465 e. The van der Waals surface area contributed by atoms with Gasteiger partial charge in [0.25, 0.3) is 0 Å². The summed E-state index contributed by atoms with van der Waals surface area (Å²) in [5, 5.41) is 8.31. The molecule has 220 valence electrons. The number of hydrogen-bond acceptors (Lipinski definition) is 12. The molecule has 0 aliphatic heterocycles. The van der Waals surface area contributed by atoms with Crippen LogP contribution >= 0.6 is 7.82 Å². The van der Waals surface area contributed by atoms with Crippen LogP contribution in [0.2, 0.25) is 0 Å². The zero-order valence-electron chi connectivity index (χ0n) is 23.7. The minimum atomic E-state index is -3.98. The molecule has 13 nitrogen and oxygen atoms in total. The van der Waals surface area contributed by atoms with Crippen molar-refractivity contribution in [3.05, 3.63) is 42.1 Å². The molecule has 4 aromatic rings. The number of benzene rings is 1. The van der Waals surface area contributed by atoms with Gasteiger partial charge in [0.15, 0.2) is 18.1 Å². The molecule has 3 aromatic heterocycles. The van der Waals surface area contributed by atoms with Crippen molar-refractivity contribution in [3.63, 3.8) is 0 Å². The Labute approximate surface area is 235 Å². The minimum Gasteiger partial charge on any atom is -0.465 e. The highest BCUT2D eigenvalue weighted by atomic mass is 31.2. The van der Waals surface area contributed by atoms with Crippen LogP contribution in [-0.2, 0) is 29.6 Å². The van der Waals surface area contributed by atoms with E-state index < -0.39 is 30.8 Å². The first-order chi connectivity index (χ1) is 19.0. The van der Waals surface area contributed by atoms with Crippen molar-refractivity contribution >= 4 is 36.3 Å². The number of nitrogens with two attached hydrogens (primary N) is 2. The van der Waals surface area contributed by atoms with Gasteiger partial charge in [-0.2, -0.15) is 5.10 Å². The summed E-state index contributed by atoms with van der Waals surface area (Å²) in [6.45, 7) is 10.1. The summed E-state index contributed by atoms with van der Waals surface area (Å²) in [5.74, 6) is -1.52. The van der Waals surface area contributed by atoms with Crippen LogP contribution < -0.4 is 11.5 Å². The number of phosphoric acid groups is 1. The van der Waals surface area contributed by atoms with Crippen LogP contribution in [0.3, 0.4) is 0 Å². The fraction of sp³-hybridized carbons (Fsp3) is 0.385. The largest absolute Gasteiger partial charge is 0.477 e. The maximum atomic E-state index is 15.0. The monoisotopic (exact) mass is 590 g/mol. The van der Waals surface area contributed by atoms with E-state index in [4.69, 9.17) is 34.3 Å². The second-order valence-corrected chi connectivity index (χ2v) is 12.6. The molecule has 4 rings (SSSR count). The Morgan fingerprint density at radius 1 is 1.07 bits per heavy atom. The summed E-state index contributed by atoms with van der Waals surface area (Å²) in [7, 11) is -2.80. The van der Waals surface area contributed by atoms with E-state index in [-0.39, 0.29) is 46.0 Å². The molecule has 0 saturated heterocycles. The van der Waals surface area contributed by atoms with Crippen LogP contribution in [0.5, 0.6) is 0 Å². The van der Waals surface area contributed by atoms with Crippen molar-refractivity contribution in [1.82, 2.24) is 19.9 Å². The Kier molecular flexibility index (Phi) is 7.98. The molecule has 0 aliphatic rings. The van der Waals surface area contributed by atoms with Crippen molar-refractivity contribution < 1.29 is 36.6 Å². The summed E-state index contributed by atoms with van der Waals surface area (Å²) in [5.41, 5.74) is 11.3. The standard InChI is InChI=1S/C26H32FN6O7P/c1-25(2,3)39-41(35,40-26(4,5)6)37-13-33-12-14(10-31-33)17-11-30-21(20-22(17)38-32-23(20)29)15-8-16(24(34)36-7)19(28)9-18(15)27/h8-12H,13,28H2,1-7H3,(H2,29,32). The maximum Gasteiger partial charge on any atom is 0.477 e. The Morgan fingerprint density at radius 3 is 2.34 bits per heavy atom. The Bertz CT molecular complexity index is 1630. The molecule has 4 N–H and O–H groups in total. The van der Waals surface area contributed by atoms with Crippen LogP contribution in [-0.4, -0.2) is 44.2 Å². The summed E-state index contributed by atoms with van der Waals surface area (Å²) < 4.78 is 56.9. The number of nitrogens with zero attached hydrogens (tertiary/aromatic N) is 4. The van der Waals surface area contributed by atoms with Gasteiger partial charge in [-0.25, -0.2) is 18.4 Å². The van der Waals surface area contributed by atoms with E-state index in [9.17, 15) is 9.36 Å². The first-order valence-corrected chi connectivity index (χ1v) is 13.9. The number of pyridine rings is 1. The summed E-state index contributed by atoms with van der Waals surface area (Å²) in [6.07, 6.45) is 4.51. The fourth-order valence-electron chi connectivity index (χ4n) is 3.88. The number of fused-ring (bicyclic) bond motifs is 1. The number of carbonyl (C=O) groups is 1. The Morgan fingerprint density at radius 2 is 1.73 bits per heavy atom. The molecular formula is C26H32FN6O7P. The predicted octanol–water partition coefficient (Wildman–Crippen LogP) is 5.56. The van der Waals surface area contributed by atoms with Gasteiger partial charge in [0, 0.05) is 34.8 Å². The van der Waals surface area contributed by atoms with Gasteiger partial charge in [-0.1, -0.05) is 5.16 Å². The molecular weight excluding hydrogens is 558 g/mol. The lowest BCUT2D eigenvalue weighted by Gasteiger charge is -2.30. The van der Waals surface area contributed by atoms with E-state index in [1.807, 2.05) is 0 Å². The number of halogens is 1. The van der Waals surface area contributed by atoms with E-state index in [1.54, 1.807) is 47.7 Å². The van der Waals surface area contributed by atoms with E-state index in [2.05, 4.69) is 15.2 Å².